The number of para-hydroxylation sites is 2. The molecule has 214 valence electrons. The predicted molar refractivity (Wildman–Crippen MR) is 142 cm³/mol. The number of rotatable bonds is 10. The van der Waals surface area contributed by atoms with E-state index in [0.717, 1.165) is 5.56 Å². The number of carbonyl (C=O) groups excluding carboxylic acids is 4. The number of nitrogen functional groups attached to an aromatic ring is 1. The van der Waals surface area contributed by atoms with Gasteiger partial charge in [-0.2, -0.15) is 0 Å². The Labute approximate surface area is 232 Å². The maximum Gasteiger partial charge on any atom is 0.303 e. The van der Waals surface area contributed by atoms with Crippen molar-refractivity contribution in [3.63, 3.8) is 0 Å². The van der Waals surface area contributed by atoms with Crippen LogP contribution in [0.1, 0.15) is 44.9 Å². The van der Waals surface area contributed by atoms with Crippen molar-refractivity contribution >= 4 is 29.6 Å². The van der Waals surface area contributed by atoms with Crippen molar-refractivity contribution in [2.45, 2.75) is 64.6 Å². The molecular weight excluding hydrogens is 522 g/mol. The average molecular weight is 556 g/mol. The van der Waals surface area contributed by atoms with Crippen LogP contribution in [-0.2, 0) is 49.3 Å². The lowest BCUT2D eigenvalue weighted by molar-refractivity contribution is -0.254. The van der Waals surface area contributed by atoms with E-state index in [1.807, 2.05) is 6.07 Å². The van der Waals surface area contributed by atoms with Crippen molar-refractivity contribution < 1.29 is 47.6 Å². The van der Waals surface area contributed by atoms with Gasteiger partial charge in [-0.15, -0.1) is 0 Å². The van der Waals surface area contributed by atoms with Crippen LogP contribution in [0, 0.1) is 0 Å². The molecule has 0 amide bonds. The second-order valence-corrected chi connectivity index (χ2v) is 9.22. The van der Waals surface area contributed by atoms with Crippen molar-refractivity contribution in [3.05, 3.63) is 72.0 Å². The van der Waals surface area contributed by atoms with E-state index in [0.29, 0.717) is 29.2 Å². The Hall–Kier alpha value is -4.38. The summed E-state index contributed by atoms with van der Waals surface area (Å²) in [5, 5.41) is 0. The molecule has 11 nitrogen and oxygen atoms in total. The molecule has 2 aromatic rings. The Bertz CT molecular complexity index is 1260. The van der Waals surface area contributed by atoms with Gasteiger partial charge in [0.25, 0.3) is 0 Å². The molecule has 2 N–H and O–H groups in total. The Kier molecular flexibility index (Phi) is 10.3. The van der Waals surface area contributed by atoms with Crippen molar-refractivity contribution in [1.29, 1.82) is 0 Å². The first-order valence-electron chi connectivity index (χ1n) is 12.5. The van der Waals surface area contributed by atoms with E-state index in [2.05, 4.69) is 6.58 Å². The third-order valence-electron chi connectivity index (χ3n) is 5.84. The van der Waals surface area contributed by atoms with Crippen LogP contribution in [0.4, 0.5) is 5.69 Å². The summed E-state index contributed by atoms with van der Waals surface area (Å²) >= 11 is 0. The Morgan fingerprint density at radius 2 is 1.45 bits per heavy atom. The van der Waals surface area contributed by atoms with Gasteiger partial charge in [0.15, 0.2) is 18.3 Å². The highest BCUT2D eigenvalue weighted by Crippen LogP contribution is 2.38. The molecule has 0 saturated carbocycles. The minimum absolute atomic E-state index is 0.308. The van der Waals surface area contributed by atoms with Crippen molar-refractivity contribution in [3.8, 4) is 5.75 Å². The van der Waals surface area contributed by atoms with Crippen LogP contribution < -0.4 is 10.5 Å². The standard InChI is InChI=1S/C29H33NO10/c1-16(36-24-12-7-6-11-23(24)30)13-21-9-8-10-22(14-21)26-28(38-19(4)33)29(39-20(5)34)27(37-18(3)32)25(40-26)15-35-17(2)31/h6-12,14,25-29H,1,13,15,30H2,2-5H3/t25?,26?,27-,28+,29?/m1/s1. The van der Waals surface area contributed by atoms with Gasteiger partial charge in [0.1, 0.15) is 30.3 Å². The highest BCUT2D eigenvalue weighted by molar-refractivity contribution is 5.69. The summed E-state index contributed by atoms with van der Waals surface area (Å²) < 4.78 is 33.7. The molecule has 1 fully saturated rings. The van der Waals surface area contributed by atoms with Crippen LogP contribution in [0.2, 0.25) is 0 Å². The Morgan fingerprint density at radius 3 is 2.08 bits per heavy atom. The first-order valence-corrected chi connectivity index (χ1v) is 12.5. The largest absolute Gasteiger partial charge is 0.463 e. The third kappa shape index (κ3) is 8.31. The van der Waals surface area contributed by atoms with E-state index in [9.17, 15) is 19.2 Å². The van der Waals surface area contributed by atoms with E-state index < -0.39 is 54.4 Å². The van der Waals surface area contributed by atoms with Crippen molar-refractivity contribution in [1.82, 2.24) is 0 Å². The number of benzene rings is 2. The van der Waals surface area contributed by atoms with Crippen LogP contribution in [0.3, 0.4) is 0 Å². The SMILES string of the molecule is C=C(Cc1cccc(C2OC(COC(C)=O)[C@@H](OC(C)=O)C(OC(C)=O)[C@H]2OC(C)=O)c1)Oc1ccccc1N. The fraction of sp³-hybridized carbons (Fsp3) is 0.379. The molecule has 40 heavy (non-hydrogen) atoms. The number of esters is 4. The highest BCUT2D eigenvalue weighted by atomic mass is 16.7. The van der Waals surface area contributed by atoms with Crippen molar-refractivity contribution in [2.24, 2.45) is 0 Å². The molecule has 1 aliphatic heterocycles. The molecule has 0 aromatic heterocycles. The highest BCUT2D eigenvalue weighted by Gasteiger charge is 2.52. The lowest BCUT2D eigenvalue weighted by atomic mass is 9.89. The zero-order valence-corrected chi connectivity index (χ0v) is 22.8. The van der Waals surface area contributed by atoms with Gasteiger partial charge in [0.2, 0.25) is 0 Å². The van der Waals surface area contributed by atoms with E-state index in [4.69, 9.17) is 34.2 Å². The summed E-state index contributed by atoms with van der Waals surface area (Å²) in [6.45, 7) is 8.43. The minimum atomic E-state index is -1.26. The van der Waals surface area contributed by atoms with Gasteiger partial charge in [-0.25, -0.2) is 0 Å². The normalized spacial score (nSPS) is 21.9. The minimum Gasteiger partial charge on any atom is -0.463 e. The molecule has 0 radical (unpaired) electrons. The van der Waals surface area contributed by atoms with Gasteiger partial charge in [-0.3, -0.25) is 19.2 Å². The molecule has 0 spiro atoms. The average Bonchev–Trinajstić information content (AvgIpc) is 2.86. The zero-order valence-electron chi connectivity index (χ0n) is 22.8. The van der Waals surface area contributed by atoms with Gasteiger partial charge >= 0.3 is 23.9 Å². The van der Waals surface area contributed by atoms with Gasteiger partial charge < -0.3 is 34.2 Å². The van der Waals surface area contributed by atoms with Gasteiger partial charge in [-0.1, -0.05) is 43.0 Å². The topological polar surface area (TPSA) is 150 Å². The summed E-state index contributed by atoms with van der Waals surface area (Å²) in [6.07, 6.45) is -5.40. The lowest BCUT2D eigenvalue weighted by Crippen LogP contribution is -2.59. The van der Waals surface area contributed by atoms with E-state index in [-0.39, 0.29) is 6.61 Å². The Balaban J connectivity index is 1.96. The van der Waals surface area contributed by atoms with Crippen LogP contribution >= 0.6 is 0 Å². The summed E-state index contributed by atoms with van der Waals surface area (Å²) in [4.78, 5) is 47.7. The molecule has 11 heteroatoms. The maximum atomic E-state index is 12.1. The summed E-state index contributed by atoms with van der Waals surface area (Å²) in [6, 6.07) is 14.2. The zero-order chi connectivity index (χ0) is 29.4. The van der Waals surface area contributed by atoms with Crippen molar-refractivity contribution in [2.75, 3.05) is 12.3 Å². The molecule has 3 rings (SSSR count). The number of hydrogen-bond donors (Lipinski definition) is 1. The number of nitrogens with two attached hydrogens (primary N) is 1. The van der Waals surface area contributed by atoms with E-state index in [1.165, 1.54) is 27.7 Å². The summed E-state index contributed by atoms with van der Waals surface area (Å²) in [5.41, 5.74) is 7.77. The molecule has 1 saturated heterocycles. The molecule has 2 aromatic carbocycles. The second-order valence-electron chi connectivity index (χ2n) is 9.22. The van der Waals surface area contributed by atoms with E-state index in [1.54, 1.807) is 42.5 Å². The molecule has 1 aliphatic rings. The summed E-state index contributed by atoms with van der Waals surface area (Å²) in [5.74, 6) is -1.76. The van der Waals surface area contributed by atoms with Gasteiger partial charge in [0.05, 0.1) is 5.69 Å². The summed E-state index contributed by atoms with van der Waals surface area (Å²) in [7, 11) is 0. The maximum absolute atomic E-state index is 12.1. The number of hydrogen-bond acceptors (Lipinski definition) is 11. The Morgan fingerprint density at radius 1 is 0.825 bits per heavy atom. The molecule has 5 atom stereocenters. The first-order chi connectivity index (χ1) is 18.9. The third-order valence-corrected chi connectivity index (χ3v) is 5.84. The number of carbonyl (C=O) groups is 4. The van der Waals surface area contributed by atoms with Gasteiger partial charge in [-0.05, 0) is 23.3 Å². The fourth-order valence-electron chi connectivity index (χ4n) is 4.37. The lowest BCUT2D eigenvalue weighted by Gasteiger charge is -2.44. The predicted octanol–water partition coefficient (Wildman–Crippen LogP) is 3.20. The molecular formula is C29H33NO10. The number of anilines is 1. The number of ether oxygens (including phenoxy) is 6. The molecule has 1 heterocycles. The molecule has 3 unspecified atom stereocenters. The van der Waals surface area contributed by atoms with Crippen LogP contribution in [0.5, 0.6) is 5.75 Å². The van der Waals surface area contributed by atoms with Crippen LogP contribution in [0.25, 0.3) is 0 Å². The number of allylic oxidation sites excluding steroid dienone is 1. The fourth-order valence-corrected chi connectivity index (χ4v) is 4.37. The quantitative estimate of drug-likeness (QED) is 0.199. The molecule has 0 bridgehead atoms. The first kappa shape index (κ1) is 30.2. The molecule has 0 aliphatic carbocycles. The monoisotopic (exact) mass is 555 g/mol. The van der Waals surface area contributed by atoms with Gasteiger partial charge in [0, 0.05) is 34.1 Å². The van der Waals surface area contributed by atoms with E-state index >= 15 is 0 Å². The smallest absolute Gasteiger partial charge is 0.303 e. The van der Waals surface area contributed by atoms with Crippen LogP contribution in [0.15, 0.2) is 60.9 Å². The second kappa shape index (κ2) is 13.6. The van der Waals surface area contributed by atoms with Crippen LogP contribution in [-0.4, -0.2) is 54.9 Å².